The number of methoxy groups -OCH3 is 2. The van der Waals surface area contributed by atoms with Gasteiger partial charge >= 0.3 is 5.97 Å². The summed E-state index contributed by atoms with van der Waals surface area (Å²) in [6.45, 7) is 1.47. The summed E-state index contributed by atoms with van der Waals surface area (Å²) in [6.07, 6.45) is 0.0535. The molecule has 1 N–H and O–H groups in total. The molecule has 0 fully saturated rings. The molecule has 134 valence electrons. The van der Waals surface area contributed by atoms with Crippen molar-refractivity contribution in [3.8, 4) is 22.1 Å². The molecular formula is C17H20N2O5S. The molecule has 1 unspecified atom stereocenters. The Morgan fingerprint density at radius 1 is 1.28 bits per heavy atom. The topological polar surface area (TPSA) is 89.0 Å². The highest BCUT2D eigenvalue weighted by molar-refractivity contribution is 7.13. The van der Waals surface area contributed by atoms with Crippen LogP contribution in [0.4, 0.5) is 0 Å². The van der Waals surface area contributed by atoms with Crippen LogP contribution < -0.4 is 9.47 Å². The molecule has 0 aliphatic heterocycles. The van der Waals surface area contributed by atoms with Crippen LogP contribution in [0.5, 0.6) is 11.5 Å². The first-order valence-electron chi connectivity index (χ1n) is 7.52. The smallest absolute Gasteiger partial charge is 0.326 e. The van der Waals surface area contributed by atoms with Crippen molar-refractivity contribution in [2.75, 3.05) is 21.3 Å². The van der Waals surface area contributed by atoms with Crippen LogP contribution in [0.25, 0.3) is 10.6 Å². The number of amides is 1. The Hall–Kier alpha value is -2.61. The molecule has 0 saturated heterocycles. The number of carboxylic acids is 1. The van der Waals surface area contributed by atoms with E-state index in [1.807, 2.05) is 12.1 Å². The molecule has 0 aliphatic rings. The molecular weight excluding hydrogens is 344 g/mol. The summed E-state index contributed by atoms with van der Waals surface area (Å²) in [7, 11) is 4.61. The van der Waals surface area contributed by atoms with Gasteiger partial charge in [0, 0.05) is 18.0 Å². The summed E-state index contributed by atoms with van der Waals surface area (Å²) < 4.78 is 10.5. The largest absolute Gasteiger partial charge is 0.493 e. The van der Waals surface area contributed by atoms with Gasteiger partial charge in [-0.15, -0.1) is 11.3 Å². The van der Waals surface area contributed by atoms with E-state index in [1.54, 1.807) is 25.7 Å². The molecule has 8 heteroatoms. The number of carboxylic acid groups (broad SMARTS) is 1. The van der Waals surface area contributed by atoms with Gasteiger partial charge in [-0.1, -0.05) is 0 Å². The Bertz CT molecular complexity index is 774. The fourth-order valence-corrected chi connectivity index (χ4v) is 2.97. The number of nitrogens with zero attached hydrogens (tertiary/aromatic N) is 2. The Morgan fingerprint density at radius 2 is 1.96 bits per heavy atom. The Kier molecular flexibility index (Phi) is 5.97. The molecule has 1 heterocycles. The predicted molar refractivity (Wildman–Crippen MR) is 94.2 cm³/mol. The lowest BCUT2D eigenvalue weighted by Crippen LogP contribution is -2.41. The zero-order valence-corrected chi connectivity index (χ0v) is 15.3. The second kappa shape index (κ2) is 7.98. The first-order valence-corrected chi connectivity index (χ1v) is 8.40. The van der Waals surface area contributed by atoms with Crippen LogP contribution in [0.15, 0.2) is 23.6 Å². The van der Waals surface area contributed by atoms with E-state index in [2.05, 4.69) is 4.98 Å². The van der Waals surface area contributed by atoms with E-state index >= 15 is 0 Å². The maximum absolute atomic E-state index is 12.2. The molecule has 2 rings (SSSR count). The van der Waals surface area contributed by atoms with E-state index in [1.165, 1.54) is 30.2 Å². The van der Waals surface area contributed by atoms with Gasteiger partial charge in [0.05, 0.1) is 26.3 Å². The van der Waals surface area contributed by atoms with Crippen molar-refractivity contribution in [3.05, 3.63) is 29.3 Å². The summed E-state index contributed by atoms with van der Waals surface area (Å²) in [5.41, 5.74) is 1.46. The number of hydrogen-bond acceptors (Lipinski definition) is 6. The van der Waals surface area contributed by atoms with Crippen LogP contribution >= 0.6 is 11.3 Å². The Labute approximate surface area is 149 Å². The molecule has 25 heavy (non-hydrogen) atoms. The highest BCUT2D eigenvalue weighted by Crippen LogP contribution is 2.33. The maximum atomic E-state index is 12.2. The van der Waals surface area contributed by atoms with E-state index in [4.69, 9.17) is 14.6 Å². The standard InChI is InChI=1S/C17H20N2O5S/c1-10(17(21)22)19(2)15(20)8-12-9-25-16(18-12)11-5-6-13(23-3)14(7-11)24-4/h5-7,9-10H,8H2,1-4H3,(H,21,22). The lowest BCUT2D eigenvalue weighted by atomic mass is 10.2. The minimum Gasteiger partial charge on any atom is -0.493 e. The van der Waals surface area contributed by atoms with Crippen LogP contribution in [-0.2, 0) is 16.0 Å². The van der Waals surface area contributed by atoms with E-state index < -0.39 is 12.0 Å². The third-order valence-corrected chi connectivity index (χ3v) is 4.79. The van der Waals surface area contributed by atoms with Gasteiger partial charge in [-0.2, -0.15) is 0 Å². The molecule has 7 nitrogen and oxygen atoms in total. The summed E-state index contributed by atoms with van der Waals surface area (Å²) in [4.78, 5) is 28.8. The monoisotopic (exact) mass is 364 g/mol. The highest BCUT2D eigenvalue weighted by Gasteiger charge is 2.22. The van der Waals surface area contributed by atoms with Crippen LogP contribution in [0, 0.1) is 0 Å². The highest BCUT2D eigenvalue weighted by atomic mass is 32.1. The molecule has 2 aromatic rings. The van der Waals surface area contributed by atoms with E-state index in [0.29, 0.717) is 17.2 Å². The summed E-state index contributed by atoms with van der Waals surface area (Å²) >= 11 is 1.41. The van der Waals surface area contributed by atoms with E-state index in [-0.39, 0.29) is 12.3 Å². The molecule has 0 radical (unpaired) electrons. The fourth-order valence-electron chi connectivity index (χ4n) is 2.15. The van der Waals surface area contributed by atoms with Gasteiger partial charge in [-0.3, -0.25) is 4.79 Å². The average Bonchev–Trinajstić information content (AvgIpc) is 3.07. The first-order chi connectivity index (χ1) is 11.9. The lowest BCUT2D eigenvalue weighted by molar-refractivity contribution is -0.148. The lowest BCUT2D eigenvalue weighted by Gasteiger charge is -2.20. The third-order valence-electron chi connectivity index (χ3n) is 3.85. The SMILES string of the molecule is COc1ccc(-c2nc(CC(=O)N(C)C(C)C(=O)O)cs2)cc1OC. The van der Waals surface area contributed by atoms with Crippen molar-refractivity contribution in [2.45, 2.75) is 19.4 Å². The molecule has 0 aliphatic carbocycles. The first kappa shape index (κ1) is 18.7. The molecule has 0 bridgehead atoms. The number of likely N-dealkylation sites (N-methyl/N-ethyl adjacent to an activating group) is 1. The molecule has 1 aromatic carbocycles. The maximum Gasteiger partial charge on any atom is 0.326 e. The van der Waals surface area contributed by atoms with Crippen molar-refractivity contribution < 1.29 is 24.2 Å². The molecule has 1 atom stereocenters. The number of ether oxygens (including phenoxy) is 2. The van der Waals surface area contributed by atoms with Gasteiger partial charge < -0.3 is 19.5 Å². The van der Waals surface area contributed by atoms with Gasteiger partial charge in [-0.25, -0.2) is 9.78 Å². The Balaban J connectivity index is 2.15. The van der Waals surface area contributed by atoms with Gasteiger partial charge in [0.15, 0.2) is 11.5 Å². The molecule has 1 amide bonds. The van der Waals surface area contributed by atoms with Crippen LogP contribution in [0.1, 0.15) is 12.6 Å². The minimum absolute atomic E-state index is 0.0535. The van der Waals surface area contributed by atoms with Crippen molar-refractivity contribution in [1.82, 2.24) is 9.88 Å². The quantitative estimate of drug-likeness (QED) is 0.811. The van der Waals surface area contributed by atoms with Gasteiger partial charge in [0.25, 0.3) is 0 Å². The fraction of sp³-hybridized carbons (Fsp3) is 0.353. The third kappa shape index (κ3) is 4.27. The second-order valence-electron chi connectivity index (χ2n) is 5.41. The normalized spacial score (nSPS) is 11.7. The summed E-state index contributed by atoms with van der Waals surface area (Å²) in [5.74, 6) is -0.107. The van der Waals surface area contributed by atoms with Gasteiger partial charge in [0.1, 0.15) is 11.0 Å². The van der Waals surface area contributed by atoms with Gasteiger partial charge in [-0.05, 0) is 25.1 Å². The van der Waals surface area contributed by atoms with Crippen molar-refractivity contribution in [1.29, 1.82) is 0 Å². The number of thiazole rings is 1. The van der Waals surface area contributed by atoms with Crippen molar-refractivity contribution in [2.24, 2.45) is 0 Å². The van der Waals surface area contributed by atoms with Crippen molar-refractivity contribution in [3.63, 3.8) is 0 Å². The van der Waals surface area contributed by atoms with Crippen LogP contribution in [0.3, 0.4) is 0 Å². The summed E-state index contributed by atoms with van der Waals surface area (Å²) in [5, 5.41) is 11.5. The minimum atomic E-state index is -1.04. The summed E-state index contributed by atoms with van der Waals surface area (Å²) in [6, 6.07) is 4.60. The van der Waals surface area contributed by atoms with Gasteiger partial charge in [0.2, 0.25) is 5.91 Å². The van der Waals surface area contributed by atoms with E-state index in [9.17, 15) is 9.59 Å². The Morgan fingerprint density at radius 3 is 2.56 bits per heavy atom. The van der Waals surface area contributed by atoms with Crippen LogP contribution in [-0.4, -0.2) is 54.2 Å². The number of carbonyl (C=O) groups excluding carboxylic acids is 1. The number of carbonyl (C=O) groups is 2. The zero-order chi connectivity index (χ0) is 18.6. The second-order valence-corrected chi connectivity index (χ2v) is 6.27. The molecule has 0 saturated carbocycles. The number of aliphatic carboxylic acids is 1. The zero-order valence-electron chi connectivity index (χ0n) is 14.5. The number of hydrogen-bond donors (Lipinski definition) is 1. The number of aromatic nitrogens is 1. The molecule has 1 aromatic heterocycles. The number of benzene rings is 1. The van der Waals surface area contributed by atoms with E-state index in [0.717, 1.165) is 10.6 Å². The van der Waals surface area contributed by atoms with Crippen LogP contribution in [0.2, 0.25) is 0 Å². The predicted octanol–water partition coefficient (Wildman–Crippen LogP) is 2.30. The van der Waals surface area contributed by atoms with Crippen molar-refractivity contribution >= 4 is 23.2 Å². The number of rotatable bonds is 7. The average molecular weight is 364 g/mol. The molecule has 0 spiro atoms.